The first-order valence-corrected chi connectivity index (χ1v) is 4.51. The van der Waals surface area contributed by atoms with Gasteiger partial charge in [0.2, 0.25) is 0 Å². The third-order valence-corrected chi connectivity index (χ3v) is 2.01. The summed E-state index contributed by atoms with van der Waals surface area (Å²) in [5, 5.41) is 0. The molecule has 1 aliphatic heterocycles. The molecule has 1 unspecified atom stereocenters. The molecule has 76 valence electrons. The Hall–Kier alpha value is -1.45. The molecule has 1 atom stereocenters. The van der Waals surface area contributed by atoms with Gasteiger partial charge >= 0.3 is 5.97 Å². The molecule has 0 aromatic heterocycles. The summed E-state index contributed by atoms with van der Waals surface area (Å²) in [5.74, 6) is -0.910. The lowest BCUT2D eigenvalue weighted by atomic mass is 10.1. The molecular formula is C10H12O4. The number of ketones is 2. The van der Waals surface area contributed by atoms with Gasteiger partial charge in [0.15, 0.2) is 17.7 Å². The van der Waals surface area contributed by atoms with E-state index in [2.05, 4.69) is 0 Å². The molecule has 4 heteroatoms. The van der Waals surface area contributed by atoms with Gasteiger partial charge in [0, 0.05) is 12.5 Å². The lowest BCUT2D eigenvalue weighted by molar-refractivity contribution is -0.150. The minimum Gasteiger partial charge on any atom is -0.451 e. The van der Waals surface area contributed by atoms with Crippen LogP contribution in [0.3, 0.4) is 0 Å². The standard InChI is InChI=1S/C10H12O4/c1-7(11)9-4-2-3-8(12)5-6-10(13)14-9/h5-6,9H,2-4H2,1H3. The van der Waals surface area contributed by atoms with Crippen LogP contribution in [0.1, 0.15) is 26.2 Å². The molecule has 0 saturated heterocycles. The summed E-state index contributed by atoms with van der Waals surface area (Å²) in [6.07, 6.45) is 2.93. The summed E-state index contributed by atoms with van der Waals surface area (Å²) in [4.78, 5) is 33.1. The van der Waals surface area contributed by atoms with Gasteiger partial charge in [0.1, 0.15) is 0 Å². The van der Waals surface area contributed by atoms with Gasteiger partial charge in [-0.1, -0.05) is 0 Å². The first-order chi connectivity index (χ1) is 6.59. The second-order valence-corrected chi connectivity index (χ2v) is 3.23. The highest BCUT2D eigenvalue weighted by atomic mass is 16.5. The van der Waals surface area contributed by atoms with Crippen LogP contribution in [0, 0.1) is 0 Å². The molecule has 1 rings (SSSR count). The van der Waals surface area contributed by atoms with E-state index in [1.54, 1.807) is 0 Å². The summed E-state index contributed by atoms with van der Waals surface area (Å²) in [6, 6.07) is 0. The van der Waals surface area contributed by atoms with E-state index < -0.39 is 12.1 Å². The number of allylic oxidation sites excluding steroid dienone is 1. The Balaban J connectivity index is 2.70. The van der Waals surface area contributed by atoms with Crippen molar-refractivity contribution >= 4 is 17.5 Å². The maximum atomic E-state index is 11.0. The summed E-state index contributed by atoms with van der Waals surface area (Å²) in [6.45, 7) is 1.38. The second kappa shape index (κ2) is 4.69. The van der Waals surface area contributed by atoms with E-state index in [1.165, 1.54) is 13.0 Å². The predicted molar refractivity (Wildman–Crippen MR) is 48.6 cm³/mol. The number of rotatable bonds is 1. The van der Waals surface area contributed by atoms with E-state index >= 15 is 0 Å². The number of ether oxygens (including phenoxy) is 1. The summed E-state index contributed by atoms with van der Waals surface area (Å²) in [7, 11) is 0. The van der Waals surface area contributed by atoms with Gasteiger partial charge < -0.3 is 4.74 Å². The van der Waals surface area contributed by atoms with Crippen LogP contribution in [-0.2, 0) is 19.1 Å². The van der Waals surface area contributed by atoms with Crippen molar-refractivity contribution in [1.82, 2.24) is 0 Å². The molecule has 1 heterocycles. The van der Waals surface area contributed by atoms with Crippen molar-refractivity contribution in [3.05, 3.63) is 12.2 Å². The number of Topliss-reactive ketones (excluding diaryl/α,β-unsaturated/α-hetero) is 1. The third kappa shape index (κ3) is 3.12. The lowest BCUT2D eigenvalue weighted by Gasteiger charge is -2.12. The lowest BCUT2D eigenvalue weighted by Crippen LogP contribution is -2.24. The molecule has 0 spiro atoms. The van der Waals surface area contributed by atoms with Gasteiger partial charge in [-0.15, -0.1) is 0 Å². The molecule has 0 bridgehead atoms. The highest BCUT2D eigenvalue weighted by molar-refractivity contribution is 5.97. The molecule has 0 saturated carbocycles. The number of carbonyl (C=O) groups is 3. The van der Waals surface area contributed by atoms with E-state index in [0.29, 0.717) is 19.3 Å². The predicted octanol–water partition coefficient (Wildman–Crippen LogP) is 0.796. The largest absolute Gasteiger partial charge is 0.451 e. The first-order valence-electron chi connectivity index (χ1n) is 4.51. The molecule has 0 N–H and O–H groups in total. The molecule has 0 radical (unpaired) electrons. The van der Waals surface area contributed by atoms with Gasteiger partial charge in [-0.3, -0.25) is 9.59 Å². The summed E-state index contributed by atoms with van der Waals surface area (Å²) < 4.78 is 4.85. The fourth-order valence-corrected chi connectivity index (χ4v) is 1.23. The van der Waals surface area contributed by atoms with Crippen molar-refractivity contribution < 1.29 is 19.1 Å². The quantitative estimate of drug-likeness (QED) is 0.582. The summed E-state index contributed by atoms with van der Waals surface area (Å²) >= 11 is 0. The van der Waals surface area contributed by atoms with Gasteiger partial charge in [0.05, 0.1) is 0 Å². The van der Waals surface area contributed by atoms with Crippen molar-refractivity contribution in [1.29, 1.82) is 0 Å². The van der Waals surface area contributed by atoms with Crippen LogP contribution < -0.4 is 0 Å². The van der Waals surface area contributed by atoms with E-state index in [1.807, 2.05) is 0 Å². The van der Waals surface area contributed by atoms with Crippen LogP contribution in [0.2, 0.25) is 0 Å². The van der Waals surface area contributed by atoms with Crippen LogP contribution in [0.15, 0.2) is 12.2 Å². The molecule has 4 nitrogen and oxygen atoms in total. The van der Waals surface area contributed by atoms with Crippen molar-refractivity contribution in [3.63, 3.8) is 0 Å². The van der Waals surface area contributed by atoms with Gasteiger partial charge in [0.25, 0.3) is 0 Å². The number of hydrogen-bond donors (Lipinski definition) is 0. The van der Waals surface area contributed by atoms with Crippen LogP contribution in [-0.4, -0.2) is 23.6 Å². The maximum Gasteiger partial charge on any atom is 0.331 e. The number of hydrogen-bond acceptors (Lipinski definition) is 4. The Morgan fingerprint density at radius 1 is 1.43 bits per heavy atom. The van der Waals surface area contributed by atoms with Gasteiger partial charge in [-0.05, 0) is 25.8 Å². The Morgan fingerprint density at radius 2 is 2.14 bits per heavy atom. The van der Waals surface area contributed by atoms with E-state index in [-0.39, 0.29) is 11.6 Å². The number of carbonyl (C=O) groups excluding carboxylic acids is 3. The molecule has 0 aromatic carbocycles. The van der Waals surface area contributed by atoms with Crippen molar-refractivity contribution in [2.45, 2.75) is 32.3 Å². The molecular weight excluding hydrogens is 184 g/mol. The SMILES string of the molecule is CC(=O)C1CCCC(=O)C=CC(=O)O1. The van der Waals surface area contributed by atoms with Crippen LogP contribution in [0.25, 0.3) is 0 Å². The fourth-order valence-electron chi connectivity index (χ4n) is 1.23. The Bertz CT molecular complexity index is 290. The zero-order chi connectivity index (χ0) is 10.6. The Kier molecular flexibility index (Phi) is 3.56. The van der Waals surface area contributed by atoms with E-state index in [4.69, 9.17) is 4.74 Å². The highest BCUT2D eigenvalue weighted by Crippen LogP contribution is 2.10. The van der Waals surface area contributed by atoms with Crippen LogP contribution >= 0.6 is 0 Å². The summed E-state index contributed by atoms with van der Waals surface area (Å²) in [5.41, 5.74) is 0. The number of esters is 1. The van der Waals surface area contributed by atoms with E-state index in [9.17, 15) is 14.4 Å². The minimum absolute atomic E-state index is 0.105. The van der Waals surface area contributed by atoms with Crippen LogP contribution in [0.5, 0.6) is 0 Å². The minimum atomic E-state index is -0.696. The third-order valence-electron chi connectivity index (χ3n) is 2.01. The normalized spacial score (nSPS) is 23.4. The second-order valence-electron chi connectivity index (χ2n) is 3.23. The highest BCUT2D eigenvalue weighted by Gasteiger charge is 2.19. The Labute approximate surface area is 81.9 Å². The monoisotopic (exact) mass is 196 g/mol. The van der Waals surface area contributed by atoms with Crippen molar-refractivity contribution in [2.75, 3.05) is 0 Å². The molecule has 0 aromatic rings. The average molecular weight is 196 g/mol. The zero-order valence-electron chi connectivity index (χ0n) is 7.99. The smallest absolute Gasteiger partial charge is 0.331 e. The fraction of sp³-hybridized carbons (Fsp3) is 0.500. The maximum absolute atomic E-state index is 11.0. The topological polar surface area (TPSA) is 60.4 Å². The van der Waals surface area contributed by atoms with Crippen LogP contribution in [0.4, 0.5) is 0 Å². The molecule has 0 aliphatic carbocycles. The first kappa shape index (κ1) is 10.6. The van der Waals surface area contributed by atoms with Crippen molar-refractivity contribution in [2.24, 2.45) is 0 Å². The molecule has 1 aliphatic rings. The van der Waals surface area contributed by atoms with Gasteiger partial charge in [-0.2, -0.15) is 0 Å². The van der Waals surface area contributed by atoms with Gasteiger partial charge in [-0.25, -0.2) is 4.79 Å². The average Bonchev–Trinajstić information content (AvgIpc) is 2.19. The molecule has 0 fully saturated rings. The molecule has 0 amide bonds. The van der Waals surface area contributed by atoms with E-state index in [0.717, 1.165) is 6.08 Å². The Morgan fingerprint density at radius 3 is 2.79 bits per heavy atom. The zero-order valence-corrected chi connectivity index (χ0v) is 7.99. The molecule has 14 heavy (non-hydrogen) atoms. The number of cyclic esters (lactones) is 1. The van der Waals surface area contributed by atoms with Crippen molar-refractivity contribution in [3.8, 4) is 0 Å².